The monoisotopic (exact) mass is 613 g/mol. The van der Waals surface area contributed by atoms with Crippen LogP contribution >= 0.6 is 38.5 Å². The van der Waals surface area contributed by atoms with Crippen molar-refractivity contribution in [1.29, 1.82) is 0 Å². The van der Waals surface area contributed by atoms with Crippen LogP contribution in [-0.4, -0.2) is 43.2 Å². The largest absolute Gasteiger partial charge is 0.493 e. The zero-order valence-corrected chi connectivity index (χ0v) is 21.7. The van der Waals surface area contributed by atoms with Crippen LogP contribution in [0.1, 0.15) is 30.6 Å². The van der Waals surface area contributed by atoms with E-state index in [4.69, 9.17) is 18.9 Å². The van der Waals surface area contributed by atoms with Crippen molar-refractivity contribution in [1.82, 2.24) is 10.2 Å². The molecule has 1 unspecified atom stereocenters. The highest BCUT2D eigenvalue weighted by atomic mass is 127. The fourth-order valence-electron chi connectivity index (χ4n) is 3.54. The number of halogens is 2. The smallest absolute Gasteiger partial charge is 0.259 e. The molecule has 168 valence electrons. The Hall–Kier alpha value is -2.34. The van der Waals surface area contributed by atoms with Gasteiger partial charge >= 0.3 is 0 Å². The number of amides is 1. The van der Waals surface area contributed by atoms with Gasteiger partial charge in [0.2, 0.25) is 6.79 Å². The molecule has 0 aliphatic carbocycles. The van der Waals surface area contributed by atoms with E-state index in [9.17, 15) is 4.79 Å². The number of benzene rings is 2. The summed E-state index contributed by atoms with van der Waals surface area (Å²) in [5, 5.41) is 9.27. The molecule has 1 atom stereocenters. The molecular weight excluding hydrogens is 593 g/mol. The minimum atomic E-state index is -0.183. The van der Waals surface area contributed by atoms with E-state index in [0.29, 0.717) is 44.4 Å². The zero-order valence-electron chi connectivity index (χ0n) is 17.9. The molecule has 2 heterocycles. The SMILES string of the molecule is CCC(C)N(C(=O)c1cc(OC)c(OC)cc1I)c1c(Br)nnc2cc3c(cc12)OCO3. The van der Waals surface area contributed by atoms with Crippen LogP contribution in [0.25, 0.3) is 10.9 Å². The third-order valence-corrected chi connectivity index (χ3v) is 6.81. The predicted molar refractivity (Wildman–Crippen MR) is 132 cm³/mol. The van der Waals surface area contributed by atoms with E-state index >= 15 is 0 Å². The maximum Gasteiger partial charge on any atom is 0.259 e. The van der Waals surface area contributed by atoms with Crippen LogP contribution in [0, 0.1) is 3.57 Å². The van der Waals surface area contributed by atoms with Crippen LogP contribution < -0.4 is 23.8 Å². The van der Waals surface area contributed by atoms with Crippen molar-refractivity contribution in [2.24, 2.45) is 0 Å². The Morgan fingerprint density at radius 3 is 2.47 bits per heavy atom. The lowest BCUT2D eigenvalue weighted by Crippen LogP contribution is -2.39. The van der Waals surface area contributed by atoms with E-state index < -0.39 is 0 Å². The molecule has 0 radical (unpaired) electrons. The van der Waals surface area contributed by atoms with Gasteiger partial charge in [0, 0.05) is 21.1 Å². The lowest BCUT2D eigenvalue weighted by molar-refractivity contribution is 0.0976. The number of hydrogen-bond acceptors (Lipinski definition) is 7. The highest BCUT2D eigenvalue weighted by molar-refractivity contribution is 14.1. The average Bonchev–Trinajstić information content (AvgIpc) is 3.26. The molecule has 0 saturated carbocycles. The van der Waals surface area contributed by atoms with Gasteiger partial charge < -0.3 is 23.8 Å². The molecule has 0 saturated heterocycles. The number of anilines is 1. The summed E-state index contributed by atoms with van der Waals surface area (Å²) in [5.41, 5.74) is 1.73. The topological polar surface area (TPSA) is 83.0 Å². The first kappa shape index (κ1) is 22.8. The third-order valence-electron chi connectivity index (χ3n) is 5.38. The summed E-state index contributed by atoms with van der Waals surface area (Å²) in [5.74, 6) is 2.08. The van der Waals surface area contributed by atoms with Crippen molar-refractivity contribution in [3.63, 3.8) is 0 Å². The third kappa shape index (κ3) is 3.94. The van der Waals surface area contributed by atoms with Gasteiger partial charge in [-0.15, -0.1) is 10.2 Å². The molecule has 10 heteroatoms. The van der Waals surface area contributed by atoms with Crippen molar-refractivity contribution in [3.8, 4) is 23.0 Å². The number of rotatable bonds is 6. The number of fused-ring (bicyclic) bond motifs is 2. The van der Waals surface area contributed by atoms with Gasteiger partial charge in [-0.3, -0.25) is 4.79 Å². The first-order valence-electron chi connectivity index (χ1n) is 9.90. The standard InChI is InChI=1S/C22H21BrIN3O5/c1-5-11(2)27(22(28)12-6-16(29-3)17(30-4)8-14(12)24)20-13-7-18-19(32-10-31-18)9-15(13)25-26-21(20)23/h6-9,11H,5,10H2,1-4H3. The van der Waals surface area contributed by atoms with Gasteiger partial charge in [-0.2, -0.15) is 0 Å². The number of carbonyl (C=O) groups is 1. The molecule has 0 spiro atoms. The molecule has 0 fully saturated rings. The first-order valence-corrected chi connectivity index (χ1v) is 11.8. The second kappa shape index (κ2) is 9.26. The van der Waals surface area contributed by atoms with Crippen molar-refractivity contribution in [2.75, 3.05) is 25.9 Å². The first-order chi connectivity index (χ1) is 15.4. The molecule has 4 rings (SSSR count). The van der Waals surface area contributed by atoms with Gasteiger partial charge in [0.1, 0.15) is 0 Å². The minimum absolute atomic E-state index is 0.125. The number of hydrogen-bond donors (Lipinski definition) is 0. The number of methoxy groups -OCH3 is 2. The molecule has 1 aliphatic heterocycles. The van der Waals surface area contributed by atoms with Gasteiger partial charge in [0.25, 0.3) is 5.91 Å². The second-order valence-corrected chi connectivity index (χ2v) is 9.09. The lowest BCUT2D eigenvalue weighted by atomic mass is 10.1. The Morgan fingerprint density at radius 1 is 1.16 bits per heavy atom. The molecule has 1 aromatic heterocycles. The number of aromatic nitrogens is 2. The molecular formula is C22H21BrIN3O5. The zero-order chi connectivity index (χ0) is 23.0. The number of ether oxygens (including phenoxy) is 4. The predicted octanol–water partition coefficient (Wildman–Crippen LogP) is 5.19. The maximum atomic E-state index is 14.0. The summed E-state index contributed by atoms with van der Waals surface area (Å²) in [6, 6.07) is 6.99. The number of nitrogens with zero attached hydrogens (tertiary/aromatic N) is 3. The van der Waals surface area contributed by atoms with E-state index in [0.717, 1.165) is 15.4 Å². The van der Waals surface area contributed by atoms with Gasteiger partial charge in [-0.25, -0.2) is 0 Å². The van der Waals surface area contributed by atoms with E-state index in [1.165, 1.54) is 0 Å². The fourth-order valence-corrected chi connectivity index (χ4v) is 4.69. The summed E-state index contributed by atoms with van der Waals surface area (Å²) in [6.07, 6.45) is 0.733. The molecule has 1 aliphatic rings. The summed E-state index contributed by atoms with van der Waals surface area (Å²) in [7, 11) is 3.11. The van der Waals surface area contributed by atoms with Gasteiger partial charge in [0.05, 0.1) is 31.0 Å². The average molecular weight is 614 g/mol. The fraction of sp³-hybridized carbons (Fsp3) is 0.318. The molecule has 8 nitrogen and oxygen atoms in total. The van der Waals surface area contributed by atoms with Crippen LogP contribution in [0.5, 0.6) is 23.0 Å². The van der Waals surface area contributed by atoms with Crippen LogP contribution in [0.3, 0.4) is 0 Å². The quantitative estimate of drug-likeness (QED) is 0.354. The Morgan fingerprint density at radius 2 is 1.81 bits per heavy atom. The van der Waals surface area contributed by atoms with E-state index in [-0.39, 0.29) is 18.7 Å². The van der Waals surface area contributed by atoms with Crippen molar-refractivity contribution in [3.05, 3.63) is 38.0 Å². The van der Waals surface area contributed by atoms with Crippen LogP contribution in [0.15, 0.2) is 28.9 Å². The normalized spacial score (nSPS) is 13.2. The summed E-state index contributed by atoms with van der Waals surface area (Å²) >= 11 is 5.66. The van der Waals surface area contributed by atoms with E-state index in [2.05, 4.69) is 48.7 Å². The van der Waals surface area contributed by atoms with Crippen LogP contribution in [0.2, 0.25) is 0 Å². The van der Waals surface area contributed by atoms with Crippen molar-refractivity contribution in [2.45, 2.75) is 26.3 Å². The summed E-state index contributed by atoms with van der Waals surface area (Å²) in [4.78, 5) is 15.7. The summed E-state index contributed by atoms with van der Waals surface area (Å²) in [6.45, 7) is 4.18. The molecule has 32 heavy (non-hydrogen) atoms. The Bertz CT molecular complexity index is 1210. The maximum absolute atomic E-state index is 14.0. The van der Waals surface area contributed by atoms with Gasteiger partial charge in [-0.1, -0.05) is 6.92 Å². The van der Waals surface area contributed by atoms with Crippen molar-refractivity contribution >= 4 is 61.0 Å². The second-order valence-electron chi connectivity index (χ2n) is 7.18. The molecule has 0 bridgehead atoms. The van der Waals surface area contributed by atoms with E-state index in [1.54, 1.807) is 37.3 Å². The Labute approximate surface area is 207 Å². The molecule has 2 aromatic carbocycles. The van der Waals surface area contributed by atoms with Crippen LogP contribution in [-0.2, 0) is 0 Å². The van der Waals surface area contributed by atoms with Gasteiger partial charge in [0.15, 0.2) is 27.6 Å². The van der Waals surface area contributed by atoms with Crippen LogP contribution in [0.4, 0.5) is 5.69 Å². The lowest BCUT2D eigenvalue weighted by Gasteiger charge is -2.30. The molecule has 1 amide bonds. The van der Waals surface area contributed by atoms with Crippen molar-refractivity contribution < 1.29 is 23.7 Å². The highest BCUT2D eigenvalue weighted by Crippen LogP contribution is 2.42. The highest BCUT2D eigenvalue weighted by Gasteiger charge is 2.30. The minimum Gasteiger partial charge on any atom is -0.493 e. The van der Waals surface area contributed by atoms with E-state index in [1.807, 2.05) is 19.9 Å². The molecule has 0 N–H and O–H groups in total. The number of carbonyl (C=O) groups excluding carboxylic acids is 1. The Balaban J connectivity index is 1.92. The Kier molecular flexibility index (Phi) is 6.61. The van der Waals surface area contributed by atoms with Gasteiger partial charge in [-0.05, 0) is 70.1 Å². The molecule has 3 aromatic rings. The summed E-state index contributed by atoms with van der Waals surface area (Å²) < 4.78 is 23.1.